The molecule has 3 rings (SSSR count). The fourth-order valence-corrected chi connectivity index (χ4v) is 2.35. The first-order valence-corrected chi connectivity index (χ1v) is 6.31. The molecule has 0 aliphatic rings. The number of nitrogens with zero attached hydrogens (tertiary/aromatic N) is 1. The first-order chi connectivity index (χ1) is 9.70. The summed E-state index contributed by atoms with van der Waals surface area (Å²) in [7, 11) is 1.60. The number of ether oxygens (including phenoxy) is 1. The largest absolute Gasteiger partial charge is 0.497 e. The number of aromatic nitrogens is 2. The van der Waals surface area contributed by atoms with Crippen molar-refractivity contribution < 1.29 is 9.53 Å². The first kappa shape index (κ1) is 12.4. The summed E-state index contributed by atoms with van der Waals surface area (Å²) in [4.78, 5) is 20.0. The van der Waals surface area contributed by atoms with Crippen LogP contribution in [0.4, 0.5) is 0 Å². The summed E-state index contributed by atoms with van der Waals surface area (Å²) in [5.41, 5.74) is 3.10. The molecule has 0 saturated carbocycles. The molecule has 20 heavy (non-hydrogen) atoms. The number of hydrogen-bond donors (Lipinski definition) is 1. The molecule has 0 atom stereocenters. The Bertz CT molecular complexity index is 773. The second-order valence-electron chi connectivity index (χ2n) is 4.60. The Kier molecular flexibility index (Phi) is 2.99. The van der Waals surface area contributed by atoms with Crippen molar-refractivity contribution in [2.24, 2.45) is 0 Å². The number of rotatable bonds is 3. The molecule has 0 unspecified atom stereocenters. The fraction of sp³-hybridized carbons (Fsp3) is 0.125. The van der Waals surface area contributed by atoms with Crippen LogP contribution in [-0.4, -0.2) is 22.9 Å². The van der Waals surface area contributed by atoms with Gasteiger partial charge < -0.3 is 9.72 Å². The SMILES string of the molecule is COc1ccc(C(=O)c2c(C)[nH]c3ccncc23)cc1. The number of aryl methyl sites for hydroxylation is 1. The molecule has 0 fully saturated rings. The van der Waals surface area contributed by atoms with E-state index in [0.717, 1.165) is 22.3 Å². The Hall–Kier alpha value is -2.62. The summed E-state index contributed by atoms with van der Waals surface area (Å²) >= 11 is 0. The van der Waals surface area contributed by atoms with Gasteiger partial charge in [0.1, 0.15) is 5.75 Å². The van der Waals surface area contributed by atoms with Crippen LogP contribution in [0.25, 0.3) is 10.9 Å². The number of nitrogens with one attached hydrogen (secondary N) is 1. The zero-order valence-electron chi connectivity index (χ0n) is 11.3. The lowest BCUT2D eigenvalue weighted by Crippen LogP contribution is -2.02. The molecule has 2 aromatic heterocycles. The van der Waals surface area contributed by atoms with Gasteiger partial charge in [-0.25, -0.2) is 0 Å². The van der Waals surface area contributed by atoms with Crippen molar-refractivity contribution in [3.63, 3.8) is 0 Å². The molecule has 0 spiro atoms. The standard InChI is InChI=1S/C16H14N2O2/c1-10-15(13-9-17-8-7-14(13)18-10)16(19)11-3-5-12(20-2)6-4-11/h3-9,18H,1-2H3. The van der Waals surface area contributed by atoms with Crippen LogP contribution >= 0.6 is 0 Å². The van der Waals surface area contributed by atoms with Gasteiger partial charge in [-0.3, -0.25) is 9.78 Å². The predicted molar refractivity (Wildman–Crippen MR) is 77.3 cm³/mol. The van der Waals surface area contributed by atoms with E-state index >= 15 is 0 Å². The Labute approximate surface area is 116 Å². The number of carbonyl (C=O) groups excluding carboxylic acids is 1. The Morgan fingerprint density at radius 2 is 1.95 bits per heavy atom. The maximum absolute atomic E-state index is 12.7. The van der Waals surface area contributed by atoms with Crippen molar-refractivity contribution in [2.45, 2.75) is 6.92 Å². The van der Waals surface area contributed by atoms with Gasteiger partial charge in [0.15, 0.2) is 5.78 Å². The number of carbonyl (C=O) groups is 1. The monoisotopic (exact) mass is 266 g/mol. The molecule has 2 heterocycles. The average Bonchev–Trinajstić information content (AvgIpc) is 2.82. The van der Waals surface area contributed by atoms with Crippen LogP contribution in [-0.2, 0) is 0 Å². The summed E-state index contributed by atoms with van der Waals surface area (Å²) < 4.78 is 5.11. The summed E-state index contributed by atoms with van der Waals surface area (Å²) in [6.07, 6.45) is 3.43. The van der Waals surface area contributed by atoms with E-state index in [1.807, 2.05) is 13.0 Å². The molecular weight excluding hydrogens is 252 g/mol. The van der Waals surface area contributed by atoms with Crippen molar-refractivity contribution >= 4 is 16.7 Å². The van der Waals surface area contributed by atoms with Crippen LogP contribution in [0.2, 0.25) is 0 Å². The van der Waals surface area contributed by atoms with Crippen LogP contribution in [0.3, 0.4) is 0 Å². The highest BCUT2D eigenvalue weighted by Gasteiger charge is 2.17. The maximum atomic E-state index is 12.7. The summed E-state index contributed by atoms with van der Waals surface area (Å²) in [6, 6.07) is 8.99. The van der Waals surface area contributed by atoms with Gasteiger partial charge in [0.25, 0.3) is 0 Å². The van der Waals surface area contributed by atoms with Gasteiger partial charge in [0, 0.05) is 34.6 Å². The van der Waals surface area contributed by atoms with Crippen molar-refractivity contribution in [1.82, 2.24) is 9.97 Å². The lowest BCUT2D eigenvalue weighted by atomic mass is 10.0. The molecule has 1 aromatic carbocycles. The summed E-state index contributed by atoms with van der Waals surface area (Å²) in [6.45, 7) is 1.90. The highest BCUT2D eigenvalue weighted by molar-refractivity contribution is 6.17. The number of H-pyrrole nitrogens is 1. The minimum atomic E-state index is -0.00981. The molecule has 0 radical (unpaired) electrons. The quantitative estimate of drug-likeness (QED) is 0.741. The molecular formula is C16H14N2O2. The number of methoxy groups -OCH3 is 1. The molecule has 0 amide bonds. The van der Waals surface area contributed by atoms with Crippen molar-refractivity contribution in [3.8, 4) is 5.75 Å². The highest BCUT2D eigenvalue weighted by atomic mass is 16.5. The minimum Gasteiger partial charge on any atom is -0.497 e. The number of benzene rings is 1. The molecule has 1 N–H and O–H groups in total. The van der Waals surface area contributed by atoms with E-state index in [9.17, 15) is 4.79 Å². The van der Waals surface area contributed by atoms with Gasteiger partial charge >= 0.3 is 0 Å². The molecule has 100 valence electrons. The normalized spacial score (nSPS) is 10.7. The zero-order chi connectivity index (χ0) is 14.1. The average molecular weight is 266 g/mol. The van der Waals surface area contributed by atoms with E-state index in [0.29, 0.717) is 11.1 Å². The van der Waals surface area contributed by atoms with Crippen LogP contribution in [0, 0.1) is 6.92 Å². The second kappa shape index (κ2) is 4.81. The Morgan fingerprint density at radius 3 is 2.65 bits per heavy atom. The molecule has 4 heteroatoms. The number of pyridine rings is 1. The third kappa shape index (κ3) is 1.95. The Morgan fingerprint density at radius 1 is 1.20 bits per heavy atom. The number of ketones is 1. The van der Waals surface area contributed by atoms with E-state index in [1.165, 1.54) is 0 Å². The van der Waals surface area contributed by atoms with Crippen LogP contribution < -0.4 is 4.74 Å². The third-order valence-corrected chi connectivity index (χ3v) is 3.37. The number of aromatic amines is 1. The molecule has 0 aliphatic carbocycles. The highest BCUT2D eigenvalue weighted by Crippen LogP contribution is 2.24. The Balaban J connectivity index is 2.09. The zero-order valence-corrected chi connectivity index (χ0v) is 11.3. The fourth-order valence-electron chi connectivity index (χ4n) is 2.35. The van der Waals surface area contributed by atoms with Gasteiger partial charge in [-0.2, -0.15) is 0 Å². The van der Waals surface area contributed by atoms with Crippen LogP contribution in [0.5, 0.6) is 5.75 Å². The summed E-state index contributed by atoms with van der Waals surface area (Å²) in [5, 5.41) is 0.853. The predicted octanol–water partition coefficient (Wildman–Crippen LogP) is 3.11. The van der Waals surface area contributed by atoms with E-state index in [4.69, 9.17) is 4.74 Å². The molecule has 0 aliphatic heterocycles. The van der Waals surface area contributed by atoms with Gasteiger partial charge in [-0.05, 0) is 37.3 Å². The smallest absolute Gasteiger partial charge is 0.195 e. The molecule has 3 aromatic rings. The van der Waals surface area contributed by atoms with E-state index in [1.54, 1.807) is 43.8 Å². The molecule has 4 nitrogen and oxygen atoms in total. The van der Waals surface area contributed by atoms with Gasteiger partial charge in [-0.1, -0.05) is 0 Å². The van der Waals surface area contributed by atoms with E-state index < -0.39 is 0 Å². The van der Waals surface area contributed by atoms with Gasteiger partial charge in [0.05, 0.1) is 12.7 Å². The van der Waals surface area contributed by atoms with E-state index in [-0.39, 0.29) is 5.78 Å². The number of fused-ring (bicyclic) bond motifs is 1. The third-order valence-electron chi connectivity index (χ3n) is 3.37. The first-order valence-electron chi connectivity index (χ1n) is 6.31. The summed E-state index contributed by atoms with van der Waals surface area (Å²) in [5.74, 6) is 0.725. The topological polar surface area (TPSA) is 55.0 Å². The van der Waals surface area contributed by atoms with Crippen molar-refractivity contribution in [1.29, 1.82) is 0 Å². The van der Waals surface area contributed by atoms with Crippen molar-refractivity contribution in [2.75, 3.05) is 7.11 Å². The maximum Gasteiger partial charge on any atom is 0.195 e. The van der Waals surface area contributed by atoms with Crippen LogP contribution in [0.1, 0.15) is 21.6 Å². The number of hydrogen-bond acceptors (Lipinski definition) is 3. The molecule has 0 bridgehead atoms. The molecule has 0 saturated heterocycles. The minimum absolute atomic E-state index is 0.00981. The van der Waals surface area contributed by atoms with Gasteiger partial charge in [0.2, 0.25) is 0 Å². The lowest BCUT2D eigenvalue weighted by Gasteiger charge is -2.03. The second-order valence-corrected chi connectivity index (χ2v) is 4.60. The van der Waals surface area contributed by atoms with Crippen LogP contribution in [0.15, 0.2) is 42.7 Å². The lowest BCUT2D eigenvalue weighted by molar-refractivity contribution is 0.103. The van der Waals surface area contributed by atoms with Gasteiger partial charge in [-0.15, -0.1) is 0 Å². The van der Waals surface area contributed by atoms with E-state index in [2.05, 4.69) is 9.97 Å². The van der Waals surface area contributed by atoms with Crippen molar-refractivity contribution in [3.05, 3.63) is 59.5 Å².